The molecule has 0 atom stereocenters. The van der Waals surface area contributed by atoms with Crippen LogP contribution in [0.5, 0.6) is 5.88 Å². The molecule has 4 aromatic rings. The van der Waals surface area contributed by atoms with E-state index in [2.05, 4.69) is 15.3 Å². The van der Waals surface area contributed by atoms with E-state index in [-0.39, 0.29) is 0 Å². The van der Waals surface area contributed by atoms with Gasteiger partial charge in [-0.3, -0.25) is 0 Å². The van der Waals surface area contributed by atoms with Gasteiger partial charge in [-0.1, -0.05) is 36.4 Å². The zero-order chi connectivity index (χ0) is 21.0. The van der Waals surface area contributed by atoms with E-state index in [1.54, 1.807) is 12.5 Å². The van der Waals surface area contributed by atoms with Crippen molar-refractivity contribution >= 4 is 11.0 Å². The van der Waals surface area contributed by atoms with Gasteiger partial charge < -0.3 is 20.8 Å². The highest BCUT2D eigenvalue weighted by Gasteiger charge is 2.18. The van der Waals surface area contributed by atoms with Gasteiger partial charge in [-0.15, -0.1) is 0 Å². The van der Waals surface area contributed by atoms with Gasteiger partial charge in [0.1, 0.15) is 5.69 Å². The molecule has 1 aliphatic rings. The van der Waals surface area contributed by atoms with E-state index in [0.29, 0.717) is 24.9 Å². The van der Waals surface area contributed by atoms with Crippen molar-refractivity contribution in [3.05, 3.63) is 60.6 Å². The first-order valence-corrected chi connectivity index (χ1v) is 10.7. The van der Waals surface area contributed by atoms with E-state index >= 15 is 0 Å². The first-order valence-electron chi connectivity index (χ1n) is 10.7. The smallest absolute Gasteiger partial charge is 0.232 e. The Labute approximate surface area is 181 Å². The number of hydrogen-bond acceptors (Lipinski definition) is 6. The van der Waals surface area contributed by atoms with Crippen molar-refractivity contribution in [2.75, 3.05) is 19.7 Å². The standard InChI is InChI=1S/C24H26N6O/c25-12-16-4-6-18(7-5-16)22-24(19-2-1-3-20-23(19)29-15-28-20)30-21(13-27-22)31-14-17-8-10-26-11-9-17/h1-7,13,15,17,26H,8-12,14,25H2,(H,28,29). The fourth-order valence-electron chi connectivity index (χ4n) is 4.05. The highest BCUT2D eigenvalue weighted by molar-refractivity contribution is 5.94. The van der Waals surface area contributed by atoms with Gasteiger partial charge in [0.05, 0.1) is 35.9 Å². The SMILES string of the molecule is NCc1ccc(-c2ncc(OCC3CCNCC3)nc2-c2cccc3[nH]cnc23)cc1. The van der Waals surface area contributed by atoms with Crippen LogP contribution in [0.15, 0.2) is 55.0 Å². The van der Waals surface area contributed by atoms with Crippen LogP contribution in [0.2, 0.25) is 0 Å². The highest BCUT2D eigenvalue weighted by Crippen LogP contribution is 2.34. The molecule has 1 fully saturated rings. The Hall–Kier alpha value is -3.29. The lowest BCUT2D eigenvalue weighted by Crippen LogP contribution is -2.30. The third kappa shape index (κ3) is 4.15. The summed E-state index contributed by atoms with van der Waals surface area (Å²) in [6.45, 7) is 3.26. The number of benzene rings is 2. The van der Waals surface area contributed by atoms with E-state index in [0.717, 1.165) is 65.0 Å². The van der Waals surface area contributed by atoms with Gasteiger partial charge in [0.15, 0.2) is 0 Å². The Bertz CT molecular complexity index is 1160. The van der Waals surface area contributed by atoms with Crippen molar-refractivity contribution in [1.29, 1.82) is 0 Å². The summed E-state index contributed by atoms with van der Waals surface area (Å²) in [7, 11) is 0. The van der Waals surface area contributed by atoms with Gasteiger partial charge >= 0.3 is 0 Å². The summed E-state index contributed by atoms with van der Waals surface area (Å²) < 4.78 is 6.08. The van der Waals surface area contributed by atoms with Crippen molar-refractivity contribution in [2.24, 2.45) is 11.7 Å². The second kappa shape index (κ2) is 8.83. The Morgan fingerprint density at radius 2 is 1.84 bits per heavy atom. The summed E-state index contributed by atoms with van der Waals surface area (Å²) >= 11 is 0. The molecule has 5 rings (SSSR count). The summed E-state index contributed by atoms with van der Waals surface area (Å²) in [4.78, 5) is 17.4. The Morgan fingerprint density at radius 3 is 2.65 bits per heavy atom. The van der Waals surface area contributed by atoms with E-state index in [1.165, 1.54) is 0 Å². The van der Waals surface area contributed by atoms with Crippen LogP contribution in [0.4, 0.5) is 0 Å². The molecular weight excluding hydrogens is 388 g/mol. The molecule has 0 aliphatic carbocycles. The number of aromatic nitrogens is 4. The van der Waals surface area contributed by atoms with Crippen LogP contribution in [0.1, 0.15) is 18.4 Å². The van der Waals surface area contributed by atoms with Crippen LogP contribution in [0.25, 0.3) is 33.5 Å². The average Bonchev–Trinajstić information content (AvgIpc) is 3.32. The number of aromatic amines is 1. The lowest BCUT2D eigenvalue weighted by atomic mass is 9.99. The number of nitrogens with zero attached hydrogens (tertiary/aromatic N) is 3. The largest absolute Gasteiger partial charge is 0.476 e. The second-order valence-electron chi connectivity index (χ2n) is 7.92. The molecule has 31 heavy (non-hydrogen) atoms. The van der Waals surface area contributed by atoms with Crippen molar-refractivity contribution in [2.45, 2.75) is 19.4 Å². The number of fused-ring (bicyclic) bond motifs is 1. The highest BCUT2D eigenvalue weighted by atomic mass is 16.5. The number of hydrogen-bond donors (Lipinski definition) is 3. The first kappa shape index (κ1) is 19.7. The fraction of sp³-hybridized carbons (Fsp3) is 0.292. The topological polar surface area (TPSA) is 102 Å². The first-order chi connectivity index (χ1) is 15.3. The molecule has 3 heterocycles. The molecule has 0 amide bonds. The monoisotopic (exact) mass is 414 g/mol. The van der Waals surface area contributed by atoms with E-state index in [4.69, 9.17) is 20.4 Å². The molecule has 0 radical (unpaired) electrons. The molecule has 0 unspecified atom stereocenters. The van der Waals surface area contributed by atoms with Gasteiger partial charge in [-0.05, 0) is 43.5 Å². The predicted octanol–water partition coefficient (Wildman–Crippen LogP) is 3.52. The number of para-hydroxylation sites is 1. The van der Waals surface area contributed by atoms with E-state index < -0.39 is 0 Å². The van der Waals surface area contributed by atoms with Crippen LogP contribution in [0, 0.1) is 5.92 Å². The number of piperidine rings is 1. The predicted molar refractivity (Wildman–Crippen MR) is 122 cm³/mol. The Morgan fingerprint density at radius 1 is 1.00 bits per heavy atom. The summed E-state index contributed by atoms with van der Waals surface area (Å²) in [6, 6.07) is 14.2. The summed E-state index contributed by atoms with van der Waals surface area (Å²) in [6.07, 6.45) is 5.67. The molecule has 1 saturated heterocycles. The number of rotatable bonds is 6. The average molecular weight is 415 g/mol. The van der Waals surface area contributed by atoms with Gasteiger partial charge in [0.25, 0.3) is 0 Å². The fourth-order valence-corrected chi connectivity index (χ4v) is 4.05. The van der Waals surface area contributed by atoms with Gasteiger partial charge in [0, 0.05) is 17.7 Å². The summed E-state index contributed by atoms with van der Waals surface area (Å²) in [5.74, 6) is 1.09. The van der Waals surface area contributed by atoms with Crippen molar-refractivity contribution in [3.8, 4) is 28.4 Å². The van der Waals surface area contributed by atoms with E-state index in [9.17, 15) is 0 Å². The minimum atomic E-state index is 0.509. The lowest BCUT2D eigenvalue weighted by molar-refractivity contribution is 0.208. The molecule has 7 nitrogen and oxygen atoms in total. The number of nitrogens with one attached hydrogen (secondary N) is 2. The second-order valence-corrected chi connectivity index (χ2v) is 7.92. The summed E-state index contributed by atoms with van der Waals surface area (Å²) in [5, 5.41) is 3.39. The zero-order valence-corrected chi connectivity index (χ0v) is 17.3. The van der Waals surface area contributed by atoms with Gasteiger partial charge in [0.2, 0.25) is 5.88 Å². The van der Waals surface area contributed by atoms with E-state index in [1.807, 2.05) is 42.5 Å². The zero-order valence-electron chi connectivity index (χ0n) is 17.3. The van der Waals surface area contributed by atoms with Crippen molar-refractivity contribution in [3.63, 3.8) is 0 Å². The quantitative estimate of drug-likeness (QED) is 0.446. The number of nitrogens with two attached hydrogens (primary N) is 1. The molecule has 0 saturated carbocycles. The minimum absolute atomic E-state index is 0.509. The third-order valence-electron chi connectivity index (χ3n) is 5.84. The molecule has 0 spiro atoms. The maximum Gasteiger partial charge on any atom is 0.232 e. The third-order valence-corrected chi connectivity index (χ3v) is 5.84. The van der Waals surface area contributed by atoms with Gasteiger partial charge in [-0.25, -0.2) is 15.0 Å². The molecule has 2 aromatic carbocycles. The number of imidazole rings is 1. The number of H-pyrrole nitrogens is 1. The Kier molecular flexibility index (Phi) is 5.60. The molecule has 158 valence electrons. The molecular formula is C24H26N6O. The number of ether oxygens (including phenoxy) is 1. The maximum atomic E-state index is 6.08. The van der Waals surface area contributed by atoms with Crippen LogP contribution >= 0.6 is 0 Å². The Balaban J connectivity index is 1.54. The maximum absolute atomic E-state index is 6.08. The lowest BCUT2D eigenvalue weighted by Gasteiger charge is -2.22. The molecule has 1 aliphatic heterocycles. The van der Waals surface area contributed by atoms with Crippen LogP contribution in [-0.2, 0) is 6.54 Å². The van der Waals surface area contributed by atoms with Crippen molar-refractivity contribution in [1.82, 2.24) is 25.3 Å². The minimum Gasteiger partial charge on any atom is -0.476 e. The van der Waals surface area contributed by atoms with Gasteiger partial charge in [-0.2, -0.15) is 0 Å². The molecule has 7 heteroatoms. The van der Waals surface area contributed by atoms with Crippen molar-refractivity contribution < 1.29 is 4.74 Å². The molecule has 4 N–H and O–H groups in total. The molecule has 0 bridgehead atoms. The van der Waals surface area contributed by atoms with Crippen LogP contribution < -0.4 is 15.8 Å². The van der Waals surface area contributed by atoms with Crippen LogP contribution in [-0.4, -0.2) is 39.6 Å². The molecule has 2 aromatic heterocycles. The normalized spacial score (nSPS) is 14.7. The summed E-state index contributed by atoms with van der Waals surface area (Å²) in [5.41, 5.74) is 12.1. The van der Waals surface area contributed by atoms with Crippen LogP contribution in [0.3, 0.4) is 0 Å².